The number of benzene rings is 2. The van der Waals surface area contributed by atoms with Gasteiger partial charge in [0.2, 0.25) is 12.0 Å². The first-order valence-electron chi connectivity index (χ1n) is 9.91. The van der Waals surface area contributed by atoms with Gasteiger partial charge in [-0.25, -0.2) is 4.42 Å². The van der Waals surface area contributed by atoms with Crippen LogP contribution in [-0.4, -0.2) is 80.2 Å². The summed E-state index contributed by atoms with van der Waals surface area (Å²) in [5.41, 5.74) is 0.449. The van der Waals surface area contributed by atoms with Gasteiger partial charge in [-0.05, 0) is 12.1 Å². The molecular weight excluding hydrogens is 440 g/mol. The van der Waals surface area contributed by atoms with Crippen molar-refractivity contribution in [2.45, 2.75) is 30.7 Å². The normalized spacial score (nSPS) is 25.2. The van der Waals surface area contributed by atoms with Crippen molar-refractivity contribution in [2.75, 3.05) is 13.7 Å². The van der Waals surface area contributed by atoms with Crippen molar-refractivity contribution in [2.24, 2.45) is 0 Å². The SMILES string of the molecule is COc1cc(-c2[o+]c3cc(O)cc(O)c3cc2O[C@@H]2O[C@H](CO)[C@@H](O)[C@H](O)[C@H]2O)ccc1O. The summed E-state index contributed by atoms with van der Waals surface area (Å²) in [7, 11) is 1.36. The third-order valence-corrected chi connectivity index (χ3v) is 5.35. The number of aromatic hydroxyl groups is 3. The van der Waals surface area contributed by atoms with E-state index in [0.717, 1.165) is 6.07 Å². The molecule has 0 amide bonds. The number of fused-ring (bicyclic) bond motifs is 1. The minimum atomic E-state index is -1.69. The molecular formula is C22H23O11+. The van der Waals surface area contributed by atoms with Gasteiger partial charge in [-0.15, -0.1) is 0 Å². The topological polar surface area (TPSA) is 181 Å². The second kappa shape index (κ2) is 8.89. The van der Waals surface area contributed by atoms with Crippen molar-refractivity contribution in [3.63, 3.8) is 0 Å². The number of aliphatic hydroxyl groups excluding tert-OH is 4. The highest BCUT2D eigenvalue weighted by molar-refractivity contribution is 5.88. The van der Waals surface area contributed by atoms with Crippen LogP contribution in [0.3, 0.4) is 0 Å². The molecule has 1 aliphatic heterocycles. The second-order valence-electron chi connectivity index (χ2n) is 7.52. The molecule has 0 bridgehead atoms. The molecule has 1 aliphatic rings. The summed E-state index contributed by atoms with van der Waals surface area (Å²) >= 11 is 0. The van der Waals surface area contributed by atoms with Crippen LogP contribution in [0.15, 0.2) is 40.8 Å². The molecule has 2 heterocycles. The van der Waals surface area contributed by atoms with Crippen LogP contribution in [0.1, 0.15) is 0 Å². The summed E-state index contributed by atoms with van der Waals surface area (Å²) in [5.74, 6) is -0.583. The fourth-order valence-corrected chi connectivity index (χ4v) is 3.58. The quantitative estimate of drug-likeness (QED) is 0.264. The standard InChI is InChI=1S/C22H22O11/c1-30-15-4-9(2-3-12(15)25)21-16(7-11-13(26)5-10(24)6-14(11)31-21)32-22-20(29)19(28)18(27)17(8-23)33-22/h2-7,17-20,22-23,27-29H,8H2,1H3,(H2-,24,25,26)/p+1/t17-,18-,19+,20-,22-/m1/s1. The predicted molar refractivity (Wildman–Crippen MR) is 112 cm³/mol. The van der Waals surface area contributed by atoms with Gasteiger partial charge in [0.25, 0.3) is 0 Å². The lowest BCUT2D eigenvalue weighted by Gasteiger charge is -2.39. The van der Waals surface area contributed by atoms with Gasteiger partial charge in [0, 0.05) is 18.2 Å². The number of hydrogen-bond acceptors (Lipinski definition) is 10. The summed E-state index contributed by atoms with van der Waals surface area (Å²) < 4.78 is 22.2. The van der Waals surface area contributed by atoms with Crippen LogP contribution in [0.4, 0.5) is 0 Å². The Morgan fingerprint density at radius 2 is 1.67 bits per heavy atom. The van der Waals surface area contributed by atoms with Crippen LogP contribution < -0.4 is 9.47 Å². The Hall–Kier alpha value is -3.35. The van der Waals surface area contributed by atoms with E-state index in [1.165, 1.54) is 37.4 Å². The number of ether oxygens (including phenoxy) is 3. The van der Waals surface area contributed by atoms with Crippen LogP contribution >= 0.6 is 0 Å². The third-order valence-electron chi connectivity index (χ3n) is 5.35. The molecule has 7 N–H and O–H groups in total. The second-order valence-corrected chi connectivity index (χ2v) is 7.52. The Kier molecular flexibility index (Phi) is 6.15. The first kappa shape index (κ1) is 22.8. The molecule has 0 saturated carbocycles. The van der Waals surface area contributed by atoms with Gasteiger partial charge in [0.15, 0.2) is 11.5 Å². The molecule has 176 valence electrons. The summed E-state index contributed by atoms with van der Waals surface area (Å²) in [5, 5.41) is 70.0. The first-order valence-corrected chi connectivity index (χ1v) is 9.91. The summed E-state index contributed by atoms with van der Waals surface area (Å²) in [4.78, 5) is 0. The van der Waals surface area contributed by atoms with Crippen molar-refractivity contribution >= 4 is 11.0 Å². The Morgan fingerprint density at radius 3 is 2.36 bits per heavy atom. The molecule has 11 heteroatoms. The van der Waals surface area contributed by atoms with Gasteiger partial charge in [0.1, 0.15) is 41.3 Å². The molecule has 1 aromatic heterocycles. The Bertz CT molecular complexity index is 1160. The van der Waals surface area contributed by atoms with E-state index in [1.807, 2.05) is 0 Å². The summed E-state index contributed by atoms with van der Waals surface area (Å²) in [6.45, 7) is -0.644. The van der Waals surface area contributed by atoms with Crippen LogP contribution in [0, 0.1) is 0 Å². The maximum atomic E-state index is 10.4. The fraction of sp³-hybridized carbons (Fsp3) is 0.318. The number of hydrogen-bond donors (Lipinski definition) is 7. The lowest BCUT2D eigenvalue weighted by Crippen LogP contribution is -2.60. The smallest absolute Gasteiger partial charge is 0.402 e. The van der Waals surface area contributed by atoms with Crippen molar-refractivity contribution in [3.05, 3.63) is 36.4 Å². The highest BCUT2D eigenvalue weighted by Gasteiger charge is 2.45. The van der Waals surface area contributed by atoms with E-state index in [1.54, 1.807) is 0 Å². The van der Waals surface area contributed by atoms with E-state index in [4.69, 9.17) is 18.6 Å². The van der Waals surface area contributed by atoms with E-state index in [9.17, 15) is 35.7 Å². The summed E-state index contributed by atoms with van der Waals surface area (Å²) in [6, 6.07) is 8.02. The van der Waals surface area contributed by atoms with E-state index in [0.29, 0.717) is 5.56 Å². The third kappa shape index (κ3) is 4.19. The van der Waals surface area contributed by atoms with Crippen molar-refractivity contribution in [1.82, 2.24) is 0 Å². The zero-order chi connectivity index (χ0) is 23.9. The van der Waals surface area contributed by atoms with Crippen LogP contribution in [-0.2, 0) is 4.74 Å². The van der Waals surface area contributed by atoms with Gasteiger partial charge in [-0.1, -0.05) is 0 Å². The molecule has 1 saturated heterocycles. The van der Waals surface area contributed by atoms with Gasteiger partial charge in [-0.3, -0.25) is 0 Å². The molecule has 1 fully saturated rings. The van der Waals surface area contributed by atoms with E-state index < -0.39 is 37.3 Å². The lowest BCUT2D eigenvalue weighted by atomic mass is 9.99. The monoisotopic (exact) mass is 463 g/mol. The zero-order valence-corrected chi connectivity index (χ0v) is 17.3. The lowest BCUT2D eigenvalue weighted by molar-refractivity contribution is -0.277. The molecule has 5 atom stereocenters. The number of phenols is 3. The van der Waals surface area contributed by atoms with E-state index in [2.05, 4.69) is 0 Å². The fourth-order valence-electron chi connectivity index (χ4n) is 3.58. The molecule has 0 radical (unpaired) electrons. The van der Waals surface area contributed by atoms with Gasteiger partial charge in [0.05, 0.1) is 25.3 Å². The average molecular weight is 463 g/mol. The highest BCUT2D eigenvalue weighted by atomic mass is 16.7. The maximum absolute atomic E-state index is 10.4. The van der Waals surface area contributed by atoms with Crippen LogP contribution in [0.2, 0.25) is 0 Å². The van der Waals surface area contributed by atoms with Gasteiger partial charge < -0.3 is 50.0 Å². The van der Waals surface area contributed by atoms with Crippen molar-refractivity contribution in [1.29, 1.82) is 0 Å². The molecule has 0 spiro atoms. The van der Waals surface area contributed by atoms with E-state index >= 15 is 0 Å². The molecule has 4 rings (SSSR count). The molecule has 2 aromatic carbocycles. The predicted octanol–water partition coefficient (Wildman–Crippen LogP) is 0.685. The Balaban J connectivity index is 1.84. The van der Waals surface area contributed by atoms with Crippen LogP contribution in [0.5, 0.6) is 28.7 Å². The first-order chi connectivity index (χ1) is 15.7. The number of methoxy groups -OCH3 is 1. The van der Waals surface area contributed by atoms with Crippen molar-refractivity contribution in [3.8, 4) is 40.1 Å². The van der Waals surface area contributed by atoms with E-state index in [-0.39, 0.29) is 45.5 Å². The molecule has 0 unspecified atom stereocenters. The number of phenolic OH excluding ortho intramolecular Hbond substituents is 3. The highest BCUT2D eigenvalue weighted by Crippen LogP contribution is 2.42. The molecule has 3 aromatic rings. The number of aliphatic hydroxyl groups is 4. The average Bonchev–Trinajstić information content (AvgIpc) is 2.79. The number of rotatable bonds is 5. The molecule has 33 heavy (non-hydrogen) atoms. The van der Waals surface area contributed by atoms with Gasteiger partial charge >= 0.3 is 11.3 Å². The minimum absolute atomic E-state index is 0.0442. The molecule has 11 nitrogen and oxygen atoms in total. The van der Waals surface area contributed by atoms with Gasteiger partial charge in [-0.2, -0.15) is 0 Å². The molecule has 0 aliphatic carbocycles. The Morgan fingerprint density at radius 1 is 0.909 bits per heavy atom. The summed E-state index contributed by atoms with van der Waals surface area (Å²) in [6.07, 6.45) is -7.65. The van der Waals surface area contributed by atoms with Crippen LogP contribution in [0.25, 0.3) is 22.3 Å². The largest absolute Gasteiger partial charge is 0.507 e. The maximum Gasteiger partial charge on any atom is 0.402 e. The Labute approximate surface area is 186 Å². The minimum Gasteiger partial charge on any atom is -0.507 e. The zero-order valence-electron chi connectivity index (χ0n) is 17.3. The van der Waals surface area contributed by atoms with Crippen molar-refractivity contribution < 1.29 is 54.4 Å².